The van der Waals surface area contributed by atoms with Crippen molar-refractivity contribution in [2.24, 2.45) is 0 Å². The Kier molecular flexibility index (Phi) is 4.81. The van der Waals surface area contributed by atoms with Crippen LogP contribution in [-0.2, 0) is 14.8 Å². The van der Waals surface area contributed by atoms with E-state index >= 15 is 0 Å². The summed E-state index contributed by atoms with van der Waals surface area (Å²) >= 11 is 12.0. The molecule has 1 aliphatic rings. The molecule has 0 saturated carbocycles. The van der Waals surface area contributed by atoms with Crippen LogP contribution in [0.2, 0.25) is 10.0 Å². The Morgan fingerprint density at radius 3 is 2.55 bits per heavy atom. The third-order valence-electron chi connectivity index (χ3n) is 3.18. The molecule has 1 heterocycles. The van der Waals surface area contributed by atoms with Crippen molar-refractivity contribution in [3.63, 3.8) is 0 Å². The largest absolute Gasteiger partial charge is 0.399 e. The number of sulfonamides is 1. The van der Waals surface area contributed by atoms with E-state index in [4.69, 9.17) is 33.7 Å². The number of anilines is 1. The fourth-order valence-corrected chi connectivity index (χ4v) is 4.75. The van der Waals surface area contributed by atoms with Crippen LogP contribution in [0.5, 0.6) is 0 Å². The summed E-state index contributed by atoms with van der Waals surface area (Å²) in [6, 6.07) is 2.77. The monoisotopic (exact) mass is 338 g/mol. The van der Waals surface area contributed by atoms with Crippen LogP contribution in [0.25, 0.3) is 0 Å². The van der Waals surface area contributed by atoms with E-state index in [0.717, 1.165) is 6.42 Å². The van der Waals surface area contributed by atoms with Crippen molar-refractivity contribution >= 4 is 38.9 Å². The highest BCUT2D eigenvalue weighted by atomic mass is 35.5. The lowest BCUT2D eigenvalue weighted by Crippen LogP contribution is -2.45. The molecule has 1 fully saturated rings. The molecular formula is C12H16Cl2N2O3S. The van der Waals surface area contributed by atoms with E-state index in [1.54, 1.807) is 0 Å². The quantitative estimate of drug-likeness (QED) is 0.858. The summed E-state index contributed by atoms with van der Waals surface area (Å²) in [4.78, 5) is -0.0909. The standard InChI is InChI=1S/C12H16Cl2N2O3S/c1-2-9-7-16(3-4-19-9)20(17,18)12-10(13)5-8(15)6-11(12)14/h5-6,9H,2-4,7,15H2,1H3. The molecule has 1 aromatic carbocycles. The molecule has 1 saturated heterocycles. The highest BCUT2D eigenvalue weighted by Gasteiger charge is 2.33. The lowest BCUT2D eigenvalue weighted by molar-refractivity contribution is -0.00277. The molecule has 5 nitrogen and oxygen atoms in total. The number of ether oxygens (including phenoxy) is 1. The average molecular weight is 339 g/mol. The molecule has 1 aliphatic heterocycles. The zero-order valence-electron chi connectivity index (χ0n) is 11.0. The molecule has 20 heavy (non-hydrogen) atoms. The van der Waals surface area contributed by atoms with Crippen LogP contribution in [-0.4, -0.2) is 38.5 Å². The van der Waals surface area contributed by atoms with Crippen LogP contribution in [0.4, 0.5) is 5.69 Å². The van der Waals surface area contributed by atoms with E-state index < -0.39 is 10.0 Å². The molecule has 112 valence electrons. The Morgan fingerprint density at radius 2 is 2.00 bits per heavy atom. The highest BCUT2D eigenvalue weighted by molar-refractivity contribution is 7.89. The predicted octanol–water partition coefficient (Wildman–Crippen LogP) is 2.38. The Labute approximate surface area is 128 Å². The minimum absolute atomic E-state index is 0.0366. The maximum absolute atomic E-state index is 12.7. The van der Waals surface area contributed by atoms with Crippen LogP contribution in [0.1, 0.15) is 13.3 Å². The molecule has 1 aromatic rings. The molecule has 2 N–H and O–H groups in total. The molecular weight excluding hydrogens is 323 g/mol. The number of nitrogen functional groups attached to an aromatic ring is 1. The second-order valence-electron chi connectivity index (χ2n) is 4.58. The number of rotatable bonds is 3. The third-order valence-corrected chi connectivity index (χ3v) is 5.96. The smallest absolute Gasteiger partial charge is 0.246 e. The predicted molar refractivity (Wildman–Crippen MR) is 79.7 cm³/mol. The van der Waals surface area contributed by atoms with Gasteiger partial charge in [-0.2, -0.15) is 4.31 Å². The van der Waals surface area contributed by atoms with Gasteiger partial charge in [0.1, 0.15) is 4.90 Å². The van der Waals surface area contributed by atoms with Gasteiger partial charge in [0.15, 0.2) is 0 Å². The lowest BCUT2D eigenvalue weighted by atomic mass is 10.2. The zero-order chi connectivity index (χ0) is 14.9. The number of morpholine rings is 1. The van der Waals surface area contributed by atoms with Gasteiger partial charge < -0.3 is 10.5 Å². The van der Waals surface area contributed by atoms with Crippen LogP contribution in [0, 0.1) is 0 Å². The fraction of sp³-hybridized carbons (Fsp3) is 0.500. The van der Waals surface area contributed by atoms with E-state index in [1.807, 2.05) is 6.92 Å². The fourth-order valence-electron chi connectivity index (χ4n) is 2.11. The topological polar surface area (TPSA) is 72.6 Å². The summed E-state index contributed by atoms with van der Waals surface area (Å²) in [6.45, 7) is 2.90. The van der Waals surface area contributed by atoms with Gasteiger partial charge in [-0.25, -0.2) is 8.42 Å². The second-order valence-corrected chi connectivity index (χ2v) is 7.27. The first-order chi connectivity index (χ1) is 9.36. The van der Waals surface area contributed by atoms with E-state index in [9.17, 15) is 8.42 Å². The number of nitrogens with zero attached hydrogens (tertiary/aromatic N) is 1. The average Bonchev–Trinajstić information content (AvgIpc) is 2.37. The summed E-state index contributed by atoms with van der Waals surface area (Å²) in [5.74, 6) is 0. The Bertz CT molecular complexity index is 584. The third kappa shape index (κ3) is 3.04. The molecule has 0 radical (unpaired) electrons. The van der Waals surface area contributed by atoms with E-state index in [0.29, 0.717) is 18.8 Å². The maximum atomic E-state index is 12.7. The first-order valence-corrected chi connectivity index (χ1v) is 8.42. The van der Waals surface area contributed by atoms with Gasteiger partial charge >= 0.3 is 0 Å². The molecule has 0 amide bonds. The van der Waals surface area contributed by atoms with Crippen LogP contribution < -0.4 is 5.73 Å². The first-order valence-electron chi connectivity index (χ1n) is 6.22. The summed E-state index contributed by atoms with van der Waals surface area (Å²) in [5, 5.41) is 0.0732. The van der Waals surface area contributed by atoms with Crippen molar-refractivity contribution in [2.75, 3.05) is 25.4 Å². The summed E-state index contributed by atoms with van der Waals surface area (Å²) in [6.07, 6.45) is 0.639. The molecule has 8 heteroatoms. The SMILES string of the molecule is CCC1CN(S(=O)(=O)c2c(Cl)cc(N)cc2Cl)CCO1. The molecule has 1 atom stereocenters. The lowest BCUT2D eigenvalue weighted by Gasteiger charge is -2.32. The molecule has 0 spiro atoms. The van der Waals surface area contributed by atoms with Crippen molar-refractivity contribution in [2.45, 2.75) is 24.3 Å². The van der Waals surface area contributed by atoms with Crippen molar-refractivity contribution < 1.29 is 13.2 Å². The van der Waals surface area contributed by atoms with Crippen molar-refractivity contribution in [1.29, 1.82) is 0 Å². The van der Waals surface area contributed by atoms with Crippen molar-refractivity contribution in [3.05, 3.63) is 22.2 Å². The second kappa shape index (κ2) is 6.07. The van der Waals surface area contributed by atoms with Gasteiger partial charge in [0.05, 0.1) is 22.8 Å². The van der Waals surface area contributed by atoms with Crippen molar-refractivity contribution in [3.8, 4) is 0 Å². The molecule has 1 unspecified atom stereocenters. The first kappa shape index (κ1) is 15.9. The number of halogens is 2. The Morgan fingerprint density at radius 1 is 1.40 bits per heavy atom. The normalized spacial score (nSPS) is 21.1. The summed E-state index contributed by atoms with van der Waals surface area (Å²) < 4.78 is 32.2. The highest BCUT2D eigenvalue weighted by Crippen LogP contribution is 2.34. The van der Waals surface area contributed by atoms with Crippen LogP contribution in [0.15, 0.2) is 17.0 Å². The van der Waals surface area contributed by atoms with Gasteiger partial charge in [-0.1, -0.05) is 30.1 Å². The van der Waals surface area contributed by atoms with E-state index in [1.165, 1.54) is 16.4 Å². The molecule has 2 rings (SSSR count). The zero-order valence-corrected chi connectivity index (χ0v) is 13.3. The summed E-state index contributed by atoms with van der Waals surface area (Å²) in [5.41, 5.74) is 5.92. The van der Waals surface area contributed by atoms with Gasteiger partial charge in [-0.3, -0.25) is 0 Å². The summed E-state index contributed by atoms with van der Waals surface area (Å²) in [7, 11) is -3.75. The molecule has 0 aromatic heterocycles. The van der Waals surface area contributed by atoms with Crippen LogP contribution >= 0.6 is 23.2 Å². The van der Waals surface area contributed by atoms with Crippen molar-refractivity contribution in [1.82, 2.24) is 4.31 Å². The van der Waals surface area contributed by atoms with Gasteiger partial charge in [0.2, 0.25) is 10.0 Å². The van der Waals surface area contributed by atoms with Crippen LogP contribution in [0.3, 0.4) is 0 Å². The minimum atomic E-state index is -3.75. The number of hydrogen-bond donors (Lipinski definition) is 1. The van der Waals surface area contributed by atoms with Gasteiger partial charge in [-0.15, -0.1) is 0 Å². The van der Waals surface area contributed by atoms with E-state index in [2.05, 4.69) is 0 Å². The van der Waals surface area contributed by atoms with E-state index in [-0.39, 0.29) is 27.6 Å². The number of benzene rings is 1. The maximum Gasteiger partial charge on any atom is 0.246 e. The van der Waals surface area contributed by atoms with Gasteiger partial charge in [0.25, 0.3) is 0 Å². The number of nitrogens with two attached hydrogens (primary N) is 1. The number of hydrogen-bond acceptors (Lipinski definition) is 4. The molecule has 0 aliphatic carbocycles. The molecule has 0 bridgehead atoms. The Hall–Kier alpha value is -0.530. The Balaban J connectivity index is 2.40. The minimum Gasteiger partial charge on any atom is -0.399 e. The van der Waals surface area contributed by atoms with Gasteiger partial charge in [-0.05, 0) is 18.6 Å². The van der Waals surface area contributed by atoms with Gasteiger partial charge in [0, 0.05) is 18.8 Å².